The van der Waals surface area contributed by atoms with Crippen LogP contribution in [0.4, 0.5) is 4.39 Å². The highest BCUT2D eigenvalue weighted by Gasteiger charge is 2.04. The third-order valence-electron chi connectivity index (χ3n) is 2.54. The number of aliphatic hydroxyl groups excluding tert-OH is 1. The van der Waals surface area contributed by atoms with Gasteiger partial charge in [0.25, 0.3) is 0 Å². The van der Waals surface area contributed by atoms with E-state index in [1.165, 1.54) is 6.07 Å². The average molecular weight is 211 g/mol. The summed E-state index contributed by atoms with van der Waals surface area (Å²) in [6.45, 7) is 4.46. The molecule has 3 heteroatoms. The second-order valence-corrected chi connectivity index (χ2v) is 3.75. The molecule has 0 unspecified atom stereocenters. The monoisotopic (exact) mass is 211 g/mol. The quantitative estimate of drug-likeness (QED) is 0.780. The van der Waals surface area contributed by atoms with Crippen LogP contribution in [0, 0.1) is 12.7 Å². The summed E-state index contributed by atoms with van der Waals surface area (Å²) in [5, 5.41) is 12.1. The van der Waals surface area contributed by atoms with Crippen molar-refractivity contribution in [1.29, 1.82) is 0 Å². The van der Waals surface area contributed by atoms with Crippen LogP contribution in [0.1, 0.15) is 24.5 Å². The normalized spacial score (nSPS) is 12.8. The molecule has 0 saturated heterocycles. The van der Waals surface area contributed by atoms with Crippen LogP contribution in [0.5, 0.6) is 0 Å². The summed E-state index contributed by atoms with van der Waals surface area (Å²) in [5.41, 5.74) is 1.57. The van der Waals surface area contributed by atoms with Gasteiger partial charge in [-0.3, -0.25) is 0 Å². The summed E-state index contributed by atoms with van der Waals surface area (Å²) >= 11 is 0. The molecule has 0 aliphatic rings. The van der Waals surface area contributed by atoms with Gasteiger partial charge in [0.15, 0.2) is 0 Å². The number of hydrogen-bond acceptors (Lipinski definition) is 2. The van der Waals surface area contributed by atoms with E-state index >= 15 is 0 Å². The van der Waals surface area contributed by atoms with Gasteiger partial charge >= 0.3 is 0 Å². The van der Waals surface area contributed by atoms with Crippen molar-refractivity contribution in [2.24, 2.45) is 0 Å². The Hall–Kier alpha value is -0.930. The molecule has 1 aromatic carbocycles. The van der Waals surface area contributed by atoms with Crippen LogP contribution in [-0.2, 0) is 6.54 Å². The molecule has 0 fully saturated rings. The predicted molar refractivity (Wildman–Crippen MR) is 59.1 cm³/mol. The maximum atomic E-state index is 13.2. The summed E-state index contributed by atoms with van der Waals surface area (Å²) in [7, 11) is 0. The van der Waals surface area contributed by atoms with Gasteiger partial charge in [0.1, 0.15) is 5.82 Å². The Bertz CT molecular complexity index is 310. The van der Waals surface area contributed by atoms with E-state index in [2.05, 4.69) is 5.32 Å². The molecule has 0 heterocycles. The van der Waals surface area contributed by atoms with Crippen molar-refractivity contribution in [1.82, 2.24) is 5.32 Å². The number of benzene rings is 1. The van der Waals surface area contributed by atoms with Gasteiger partial charge in [-0.1, -0.05) is 19.1 Å². The standard InChI is InChI=1S/C12H18FNO/c1-3-11(8-15)14-7-10-5-4-9(2)12(13)6-10/h4-6,11,14-15H,3,7-8H2,1-2H3/t11-/m0/s1. The summed E-state index contributed by atoms with van der Waals surface area (Å²) < 4.78 is 13.2. The van der Waals surface area contributed by atoms with Crippen molar-refractivity contribution >= 4 is 0 Å². The fraction of sp³-hybridized carbons (Fsp3) is 0.500. The number of aliphatic hydroxyl groups is 1. The molecule has 2 nitrogen and oxygen atoms in total. The van der Waals surface area contributed by atoms with Gasteiger partial charge in [0, 0.05) is 12.6 Å². The zero-order valence-corrected chi connectivity index (χ0v) is 9.26. The highest BCUT2D eigenvalue weighted by Crippen LogP contribution is 2.09. The van der Waals surface area contributed by atoms with E-state index in [-0.39, 0.29) is 18.5 Å². The van der Waals surface area contributed by atoms with Gasteiger partial charge in [0.05, 0.1) is 6.61 Å². The van der Waals surface area contributed by atoms with Crippen LogP contribution in [0.25, 0.3) is 0 Å². The first-order chi connectivity index (χ1) is 7.17. The van der Waals surface area contributed by atoms with Gasteiger partial charge in [-0.05, 0) is 30.5 Å². The lowest BCUT2D eigenvalue weighted by molar-refractivity contribution is 0.238. The molecule has 15 heavy (non-hydrogen) atoms. The summed E-state index contributed by atoms with van der Waals surface area (Å²) in [6, 6.07) is 5.29. The minimum atomic E-state index is -0.175. The minimum absolute atomic E-state index is 0.0920. The summed E-state index contributed by atoms with van der Waals surface area (Å²) in [4.78, 5) is 0. The van der Waals surface area contributed by atoms with Crippen LogP contribution >= 0.6 is 0 Å². The fourth-order valence-corrected chi connectivity index (χ4v) is 1.35. The Balaban J connectivity index is 2.54. The molecular formula is C12H18FNO. The van der Waals surface area contributed by atoms with Gasteiger partial charge in [-0.15, -0.1) is 0 Å². The van der Waals surface area contributed by atoms with Crippen molar-refractivity contribution in [2.75, 3.05) is 6.61 Å². The Morgan fingerprint density at radius 1 is 1.47 bits per heavy atom. The molecule has 0 spiro atoms. The maximum Gasteiger partial charge on any atom is 0.126 e. The SMILES string of the molecule is CC[C@@H](CO)NCc1ccc(C)c(F)c1. The topological polar surface area (TPSA) is 32.3 Å². The molecule has 1 aromatic rings. The largest absolute Gasteiger partial charge is 0.395 e. The Labute approximate surface area is 90.1 Å². The van der Waals surface area contributed by atoms with Crippen LogP contribution in [0.15, 0.2) is 18.2 Å². The summed E-state index contributed by atoms with van der Waals surface area (Å²) in [6.07, 6.45) is 0.866. The lowest BCUT2D eigenvalue weighted by atomic mass is 10.1. The summed E-state index contributed by atoms with van der Waals surface area (Å²) in [5.74, 6) is -0.175. The van der Waals surface area contributed by atoms with Crippen molar-refractivity contribution < 1.29 is 9.50 Å². The van der Waals surface area contributed by atoms with Crippen LogP contribution in [0.3, 0.4) is 0 Å². The van der Waals surface area contributed by atoms with E-state index in [4.69, 9.17) is 5.11 Å². The average Bonchev–Trinajstić information content (AvgIpc) is 2.24. The molecule has 1 atom stereocenters. The van der Waals surface area contributed by atoms with Gasteiger partial charge in [-0.2, -0.15) is 0 Å². The van der Waals surface area contributed by atoms with Crippen LogP contribution in [-0.4, -0.2) is 17.8 Å². The zero-order valence-electron chi connectivity index (χ0n) is 9.26. The molecule has 0 aromatic heterocycles. The highest BCUT2D eigenvalue weighted by atomic mass is 19.1. The molecule has 0 saturated carbocycles. The first-order valence-corrected chi connectivity index (χ1v) is 5.26. The number of halogens is 1. The number of nitrogens with one attached hydrogen (secondary N) is 1. The van der Waals surface area contributed by atoms with Crippen LogP contribution < -0.4 is 5.32 Å². The van der Waals surface area contributed by atoms with Gasteiger partial charge < -0.3 is 10.4 Å². The Morgan fingerprint density at radius 2 is 2.20 bits per heavy atom. The number of rotatable bonds is 5. The minimum Gasteiger partial charge on any atom is -0.395 e. The van der Waals surface area contributed by atoms with Gasteiger partial charge in [-0.25, -0.2) is 4.39 Å². The first kappa shape index (κ1) is 12.1. The maximum absolute atomic E-state index is 13.2. The zero-order chi connectivity index (χ0) is 11.3. The molecule has 0 aliphatic heterocycles. The molecule has 84 valence electrons. The molecule has 0 amide bonds. The van der Waals surface area contributed by atoms with E-state index in [9.17, 15) is 4.39 Å². The second kappa shape index (κ2) is 5.83. The molecule has 2 N–H and O–H groups in total. The van der Waals surface area contributed by atoms with E-state index in [0.717, 1.165) is 12.0 Å². The molecule has 0 bridgehead atoms. The Morgan fingerprint density at radius 3 is 2.73 bits per heavy atom. The molecule has 0 radical (unpaired) electrons. The Kier molecular flexibility index (Phi) is 4.72. The van der Waals surface area contributed by atoms with Crippen molar-refractivity contribution in [2.45, 2.75) is 32.9 Å². The van der Waals surface area contributed by atoms with E-state index < -0.39 is 0 Å². The molecular weight excluding hydrogens is 193 g/mol. The third-order valence-corrected chi connectivity index (χ3v) is 2.54. The van der Waals surface area contributed by atoms with E-state index in [0.29, 0.717) is 12.1 Å². The van der Waals surface area contributed by atoms with Crippen molar-refractivity contribution in [3.8, 4) is 0 Å². The first-order valence-electron chi connectivity index (χ1n) is 5.26. The third kappa shape index (κ3) is 3.61. The smallest absolute Gasteiger partial charge is 0.126 e. The van der Waals surface area contributed by atoms with Gasteiger partial charge in [0.2, 0.25) is 0 Å². The van der Waals surface area contributed by atoms with Crippen molar-refractivity contribution in [3.05, 3.63) is 35.1 Å². The second-order valence-electron chi connectivity index (χ2n) is 3.75. The molecule has 0 aliphatic carbocycles. The lowest BCUT2D eigenvalue weighted by Crippen LogP contribution is -2.31. The van der Waals surface area contributed by atoms with Crippen molar-refractivity contribution in [3.63, 3.8) is 0 Å². The molecule has 1 rings (SSSR count). The fourth-order valence-electron chi connectivity index (χ4n) is 1.35. The lowest BCUT2D eigenvalue weighted by Gasteiger charge is -2.14. The van der Waals surface area contributed by atoms with E-state index in [1.54, 1.807) is 13.0 Å². The number of hydrogen-bond donors (Lipinski definition) is 2. The van der Waals surface area contributed by atoms with Crippen LogP contribution in [0.2, 0.25) is 0 Å². The highest BCUT2D eigenvalue weighted by molar-refractivity contribution is 5.23. The van der Waals surface area contributed by atoms with E-state index in [1.807, 2.05) is 13.0 Å². The number of aryl methyl sites for hydroxylation is 1. The predicted octanol–water partition coefficient (Wildman–Crippen LogP) is 1.99.